The summed E-state index contributed by atoms with van der Waals surface area (Å²) in [4.78, 5) is 15.0. The van der Waals surface area contributed by atoms with Crippen LogP contribution in [-0.4, -0.2) is 16.1 Å². The molecule has 0 fully saturated rings. The second kappa shape index (κ2) is 6.26. The van der Waals surface area contributed by atoms with E-state index >= 15 is 0 Å². The lowest BCUT2D eigenvalue weighted by atomic mass is 10.1. The van der Waals surface area contributed by atoms with Crippen LogP contribution in [0.5, 0.6) is 0 Å². The zero-order valence-electron chi connectivity index (χ0n) is 21.1. The third-order valence-corrected chi connectivity index (χ3v) is 2.69. The molecule has 0 saturated carbocycles. The van der Waals surface area contributed by atoms with Crippen molar-refractivity contribution in [3.8, 4) is 22.6 Å². The molecule has 0 aliphatic heterocycles. The van der Waals surface area contributed by atoms with Crippen LogP contribution in [0.3, 0.4) is 0 Å². The molecule has 3 aromatic rings. The third-order valence-electron chi connectivity index (χ3n) is 2.69. The van der Waals surface area contributed by atoms with Gasteiger partial charge in [0.2, 0.25) is 0 Å². The number of rotatable bonds is 5. The maximum absolute atomic E-state index is 10.9. The van der Waals surface area contributed by atoms with Gasteiger partial charge in [0, 0.05) is 17.5 Å². The van der Waals surface area contributed by atoms with Gasteiger partial charge in [0.15, 0.2) is 11.7 Å². The second-order valence-corrected chi connectivity index (χ2v) is 4.18. The minimum atomic E-state index is -1.17. The molecule has 0 amide bonds. The molecule has 110 valence electrons. The van der Waals surface area contributed by atoms with Gasteiger partial charge in [0.05, 0.1) is 20.1 Å². The van der Waals surface area contributed by atoms with Crippen molar-refractivity contribution in [1.29, 1.82) is 0 Å². The molecule has 0 aliphatic rings. The summed E-state index contributed by atoms with van der Waals surface area (Å²) in [6, 6.07) is -6.54. The summed E-state index contributed by atoms with van der Waals surface area (Å²) >= 11 is 0. The highest BCUT2D eigenvalue weighted by Crippen LogP contribution is 2.32. The topological polar surface area (TPSA) is 63.3 Å². The summed E-state index contributed by atoms with van der Waals surface area (Å²) in [5, 5.41) is 8.94. The first kappa shape index (κ1) is 6.48. The normalized spacial score (nSPS) is 16.9. The Morgan fingerprint density at radius 1 is 1.05 bits per heavy atom. The fourth-order valence-electron chi connectivity index (χ4n) is 1.76. The molecule has 0 saturated heterocycles. The Morgan fingerprint density at radius 3 is 2.23 bits per heavy atom. The maximum atomic E-state index is 10.9. The molecule has 4 heteroatoms. The van der Waals surface area contributed by atoms with Crippen molar-refractivity contribution in [1.82, 2.24) is 4.98 Å². The third kappa shape index (κ3) is 3.06. The average Bonchev–Trinajstić information content (AvgIpc) is 3.15. The predicted octanol–water partition coefficient (Wildman–Crippen LogP) is 4.03. The van der Waals surface area contributed by atoms with Gasteiger partial charge in [-0.2, -0.15) is 0 Å². The number of aryl methyl sites for hydroxylation is 1. The minimum absolute atomic E-state index is 0.198. The highest BCUT2D eigenvalue weighted by Gasteiger charge is 2.17. The molecule has 3 rings (SSSR count). The van der Waals surface area contributed by atoms with E-state index in [-0.39, 0.29) is 18.0 Å². The van der Waals surface area contributed by atoms with E-state index in [0.29, 0.717) is 0 Å². The molecule has 0 aliphatic carbocycles. The van der Waals surface area contributed by atoms with E-state index in [9.17, 15) is 4.79 Å². The molecule has 0 bridgehead atoms. The van der Waals surface area contributed by atoms with Gasteiger partial charge in [-0.3, -0.25) is 4.79 Å². The summed E-state index contributed by atoms with van der Waals surface area (Å²) < 4.78 is 85.3. The van der Waals surface area contributed by atoms with Crippen LogP contribution in [0.15, 0.2) is 64.8 Å². The summed E-state index contributed by atoms with van der Waals surface area (Å²) in [7, 11) is 0. The first-order valence-corrected chi connectivity index (χ1v) is 6.24. The lowest BCUT2D eigenvalue weighted by Crippen LogP contribution is -1.97. The summed E-state index contributed by atoms with van der Waals surface area (Å²) in [5.74, 6) is -1.78. The van der Waals surface area contributed by atoms with Crippen LogP contribution in [0, 0.1) is 0 Å². The van der Waals surface area contributed by atoms with Crippen molar-refractivity contribution >= 4 is 5.97 Å². The van der Waals surface area contributed by atoms with E-state index in [2.05, 4.69) is 4.98 Å². The maximum Gasteiger partial charge on any atom is 0.303 e. The van der Waals surface area contributed by atoms with E-state index in [1.54, 1.807) is 0 Å². The minimum Gasteiger partial charge on any atom is -0.481 e. The fourth-order valence-corrected chi connectivity index (χ4v) is 1.76. The molecule has 2 aromatic carbocycles. The van der Waals surface area contributed by atoms with Crippen molar-refractivity contribution in [2.45, 2.75) is 12.8 Å². The molecule has 0 spiro atoms. The van der Waals surface area contributed by atoms with E-state index in [1.807, 2.05) is 0 Å². The van der Waals surface area contributed by atoms with Crippen molar-refractivity contribution < 1.29 is 28.0 Å². The van der Waals surface area contributed by atoms with Crippen LogP contribution < -0.4 is 0 Å². The van der Waals surface area contributed by atoms with Crippen molar-refractivity contribution in [2.24, 2.45) is 0 Å². The van der Waals surface area contributed by atoms with Crippen molar-refractivity contribution in [3.05, 3.63) is 66.3 Å². The average molecular weight is 303 g/mol. The van der Waals surface area contributed by atoms with Gasteiger partial charge in [-0.15, -0.1) is 0 Å². The first-order valence-electron chi connectivity index (χ1n) is 11.2. The molecular weight excluding hydrogens is 278 g/mol. The summed E-state index contributed by atoms with van der Waals surface area (Å²) in [6.07, 6.45) is -0.639. The zero-order valence-corrected chi connectivity index (χ0v) is 11.1. The van der Waals surface area contributed by atoms with E-state index < -0.39 is 89.7 Å². The van der Waals surface area contributed by atoms with Gasteiger partial charge in [0.1, 0.15) is 5.69 Å². The zero-order chi connectivity index (χ0) is 24.1. The molecule has 1 heterocycles. The molecule has 0 atom stereocenters. The Hall–Kier alpha value is -2.88. The van der Waals surface area contributed by atoms with Gasteiger partial charge >= 0.3 is 5.97 Å². The number of hydrogen-bond acceptors (Lipinski definition) is 3. The number of carbonyl (C=O) groups is 1. The van der Waals surface area contributed by atoms with Gasteiger partial charge in [-0.1, -0.05) is 60.4 Å². The highest BCUT2D eigenvalue weighted by molar-refractivity contribution is 5.76. The van der Waals surface area contributed by atoms with Crippen molar-refractivity contribution in [3.63, 3.8) is 0 Å². The standard InChI is InChI=1S/C18H15NO3/c20-16(21)12-11-15-19-17(13-7-3-1-4-8-13)18(22-15)14-9-5-2-6-10-14/h1-10H,11-12H2,(H,20,21)/i1D,2D,3D,4D,5D,6D,7D,8D,9D,10D. The van der Waals surface area contributed by atoms with Crippen LogP contribution in [0.4, 0.5) is 0 Å². The Kier molecular flexibility index (Phi) is 1.85. The molecule has 0 unspecified atom stereocenters. The van der Waals surface area contributed by atoms with Gasteiger partial charge < -0.3 is 9.52 Å². The Balaban J connectivity index is 2.42. The second-order valence-electron chi connectivity index (χ2n) is 4.18. The summed E-state index contributed by atoms with van der Waals surface area (Å²) in [5.41, 5.74) is -1.17. The molecule has 4 nitrogen and oxygen atoms in total. The number of carboxylic acid groups (broad SMARTS) is 1. The van der Waals surface area contributed by atoms with Crippen LogP contribution in [0.25, 0.3) is 22.6 Å². The lowest BCUT2D eigenvalue weighted by Gasteiger charge is -2.00. The Bertz CT molecular complexity index is 1130. The quantitative estimate of drug-likeness (QED) is 0.773. The number of benzene rings is 2. The fraction of sp³-hybridized carbons (Fsp3) is 0.111. The van der Waals surface area contributed by atoms with Gasteiger partial charge in [-0.25, -0.2) is 4.98 Å². The van der Waals surface area contributed by atoms with Gasteiger partial charge in [-0.05, 0) is 0 Å². The van der Waals surface area contributed by atoms with E-state index in [1.165, 1.54) is 0 Å². The number of aliphatic carboxylic acids is 1. The molecule has 1 N–H and O–H groups in total. The molecule has 0 radical (unpaired) electrons. The molecule has 22 heavy (non-hydrogen) atoms. The number of nitrogens with zero attached hydrogens (tertiary/aromatic N) is 1. The Morgan fingerprint density at radius 2 is 1.64 bits per heavy atom. The number of aromatic nitrogens is 1. The van der Waals surface area contributed by atoms with Crippen LogP contribution in [0.1, 0.15) is 26.0 Å². The smallest absolute Gasteiger partial charge is 0.303 e. The van der Waals surface area contributed by atoms with Crippen LogP contribution in [0.2, 0.25) is 0 Å². The number of carboxylic acids is 1. The van der Waals surface area contributed by atoms with E-state index in [0.717, 1.165) is 0 Å². The largest absolute Gasteiger partial charge is 0.481 e. The number of hydrogen-bond donors (Lipinski definition) is 1. The van der Waals surface area contributed by atoms with E-state index in [4.69, 9.17) is 23.2 Å². The van der Waals surface area contributed by atoms with Gasteiger partial charge in [0.25, 0.3) is 0 Å². The van der Waals surface area contributed by atoms with Crippen LogP contribution in [-0.2, 0) is 11.2 Å². The number of oxazole rings is 1. The SMILES string of the molecule is [2H]c1c([2H])c([2H])c(-c2nc(CCC(=O)O)oc2-c2c([2H])c([2H])c([2H])c([2H])c2[2H])c([2H])c1[2H]. The van der Waals surface area contributed by atoms with Crippen molar-refractivity contribution in [2.75, 3.05) is 0 Å². The molecule has 1 aromatic heterocycles. The lowest BCUT2D eigenvalue weighted by molar-refractivity contribution is -0.137. The van der Waals surface area contributed by atoms with Crippen LogP contribution >= 0.6 is 0 Å². The highest BCUT2D eigenvalue weighted by atomic mass is 16.4. The summed E-state index contributed by atoms with van der Waals surface area (Å²) in [6.45, 7) is 0. The Labute approximate surface area is 142 Å². The monoisotopic (exact) mass is 303 g/mol. The first-order chi connectivity index (χ1) is 14.9. The molecular formula is C18H15NO3. The predicted molar refractivity (Wildman–Crippen MR) is 83.3 cm³/mol.